The molecule has 0 saturated heterocycles. The number of alkyl carbamates (subject to hydrolysis) is 1. The highest BCUT2D eigenvalue weighted by Gasteiger charge is 2.17. The zero-order chi connectivity index (χ0) is 20.4. The van der Waals surface area contributed by atoms with Crippen molar-refractivity contribution < 1.29 is 23.8 Å². The molecule has 0 heterocycles. The van der Waals surface area contributed by atoms with Gasteiger partial charge >= 0.3 is 6.09 Å². The molecule has 0 radical (unpaired) electrons. The van der Waals surface area contributed by atoms with Gasteiger partial charge in [0, 0.05) is 32.9 Å². The van der Waals surface area contributed by atoms with Gasteiger partial charge in [0.2, 0.25) is 0 Å². The van der Waals surface area contributed by atoms with Gasteiger partial charge in [0.05, 0.1) is 13.7 Å². The third-order valence-electron chi connectivity index (χ3n) is 3.23. The number of hydrogen-bond acceptors (Lipinski definition) is 6. The summed E-state index contributed by atoms with van der Waals surface area (Å²) in [5.74, 6) is 0.691. The molecular formula is C20H30N2O5. The van der Waals surface area contributed by atoms with E-state index in [1.807, 2.05) is 34.9 Å². The highest BCUT2D eigenvalue weighted by molar-refractivity contribution is 6.08. The van der Waals surface area contributed by atoms with Crippen molar-refractivity contribution in [2.75, 3.05) is 34.4 Å². The monoisotopic (exact) mass is 378 g/mol. The standard InChI is InChI=1S/C20H30N2O5/c1-20(2,3)27-19(24)21-12-8-14-26-17-10-7-9-16(25-6)18(17)15(23)11-13-22(4)5/h7,9-11,13H,8,12,14H2,1-6H3,(H,21,24)/b13-11+. The first-order chi connectivity index (χ1) is 12.6. The predicted molar refractivity (Wildman–Crippen MR) is 105 cm³/mol. The number of benzene rings is 1. The molecule has 0 atom stereocenters. The van der Waals surface area contributed by atoms with Crippen molar-refractivity contribution in [1.29, 1.82) is 0 Å². The largest absolute Gasteiger partial charge is 0.496 e. The van der Waals surface area contributed by atoms with Gasteiger partial charge in [-0.25, -0.2) is 4.79 Å². The number of ketones is 1. The van der Waals surface area contributed by atoms with E-state index in [-0.39, 0.29) is 5.78 Å². The number of nitrogens with one attached hydrogen (secondary N) is 1. The second kappa shape index (κ2) is 10.4. The van der Waals surface area contributed by atoms with Crippen molar-refractivity contribution >= 4 is 11.9 Å². The first-order valence-electron chi connectivity index (χ1n) is 8.79. The number of nitrogens with zero attached hydrogens (tertiary/aromatic N) is 1. The quantitative estimate of drug-likeness (QED) is 0.404. The lowest BCUT2D eigenvalue weighted by Crippen LogP contribution is -2.33. The lowest BCUT2D eigenvalue weighted by molar-refractivity contribution is 0.0525. The van der Waals surface area contributed by atoms with Crippen LogP contribution >= 0.6 is 0 Å². The van der Waals surface area contributed by atoms with E-state index in [1.54, 1.807) is 29.3 Å². The normalized spacial score (nSPS) is 11.2. The van der Waals surface area contributed by atoms with E-state index in [4.69, 9.17) is 14.2 Å². The zero-order valence-corrected chi connectivity index (χ0v) is 17.0. The van der Waals surface area contributed by atoms with Gasteiger partial charge in [-0.05, 0) is 39.3 Å². The third-order valence-corrected chi connectivity index (χ3v) is 3.23. The Kier molecular flexibility index (Phi) is 8.65. The van der Waals surface area contributed by atoms with Crippen LogP contribution < -0.4 is 14.8 Å². The number of amides is 1. The Morgan fingerprint density at radius 3 is 2.44 bits per heavy atom. The van der Waals surface area contributed by atoms with Crippen molar-refractivity contribution in [2.24, 2.45) is 0 Å². The number of hydrogen-bond donors (Lipinski definition) is 1. The molecule has 7 nitrogen and oxygen atoms in total. The van der Waals surface area contributed by atoms with Crippen LogP contribution in [0.2, 0.25) is 0 Å². The van der Waals surface area contributed by atoms with Crippen LogP contribution in [0.4, 0.5) is 4.79 Å². The van der Waals surface area contributed by atoms with E-state index < -0.39 is 11.7 Å². The second-order valence-electron chi connectivity index (χ2n) is 7.11. The van der Waals surface area contributed by atoms with E-state index in [0.717, 1.165) is 0 Å². The minimum absolute atomic E-state index is 0.206. The summed E-state index contributed by atoms with van der Waals surface area (Å²) in [7, 11) is 5.18. The Morgan fingerprint density at radius 2 is 1.85 bits per heavy atom. The van der Waals surface area contributed by atoms with Crippen LogP contribution in [-0.4, -0.2) is 56.7 Å². The minimum Gasteiger partial charge on any atom is -0.496 e. The Hall–Kier alpha value is -2.70. The van der Waals surface area contributed by atoms with E-state index in [9.17, 15) is 9.59 Å². The van der Waals surface area contributed by atoms with E-state index >= 15 is 0 Å². The van der Waals surface area contributed by atoms with Crippen molar-refractivity contribution in [3.8, 4) is 11.5 Å². The maximum Gasteiger partial charge on any atom is 0.407 e. The fourth-order valence-electron chi connectivity index (χ4n) is 2.10. The summed E-state index contributed by atoms with van der Waals surface area (Å²) in [6, 6.07) is 5.20. The minimum atomic E-state index is -0.531. The predicted octanol–water partition coefficient (Wildman–Crippen LogP) is 3.25. The fourth-order valence-corrected chi connectivity index (χ4v) is 2.10. The molecule has 1 aromatic carbocycles. The van der Waals surface area contributed by atoms with Crippen molar-refractivity contribution in [2.45, 2.75) is 32.8 Å². The topological polar surface area (TPSA) is 77.1 Å². The van der Waals surface area contributed by atoms with Crippen LogP contribution in [0.3, 0.4) is 0 Å². The summed E-state index contributed by atoms with van der Waals surface area (Å²) in [5, 5.41) is 2.67. The second-order valence-corrected chi connectivity index (χ2v) is 7.11. The maximum atomic E-state index is 12.5. The summed E-state index contributed by atoms with van der Waals surface area (Å²) < 4.78 is 16.2. The summed E-state index contributed by atoms with van der Waals surface area (Å²) >= 11 is 0. The Bertz CT molecular complexity index is 663. The summed E-state index contributed by atoms with van der Waals surface area (Å²) in [6.45, 7) is 6.16. The van der Waals surface area contributed by atoms with Crippen molar-refractivity contribution in [1.82, 2.24) is 10.2 Å². The van der Waals surface area contributed by atoms with Gasteiger partial charge in [-0.2, -0.15) is 0 Å². The van der Waals surface area contributed by atoms with Crippen molar-refractivity contribution in [3.63, 3.8) is 0 Å². The third kappa shape index (κ3) is 8.48. The molecule has 1 N–H and O–H groups in total. The molecule has 150 valence electrons. The first kappa shape index (κ1) is 22.3. The van der Waals surface area contributed by atoms with Gasteiger partial charge in [0.15, 0.2) is 5.78 Å². The van der Waals surface area contributed by atoms with Crippen LogP contribution in [0.5, 0.6) is 11.5 Å². The van der Waals surface area contributed by atoms with Gasteiger partial charge < -0.3 is 24.4 Å². The number of ether oxygens (including phenoxy) is 3. The van der Waals surface area contributed by atoms with Crippen LogP contribution in [-0.2, 0) is 4.74 Å². The molecule has 27 heavy (non-hydrogen) atoms. The average Bonchev–Trinajstić information content (AvgIpc) is 2.57. The summed E-state index contributed by atoms with van der Waals surface area (Å²) in [6.07, 6.45) is 3.24. The number of carbonyl (C=O) groups is 2. The number of allylic oxidation sites excluding steroid dienone is 1. The smallest absolute Gasteiger partial charge is 0.407 e. The van der Waals surface area contributed by atoms with Crippen LogP contribution in [0, 0.1) is 0 Å². The molecule has 0 unspecified atom stereocenters. The number of carbonyl (C=O) groups excluding carboxylic acids is 2. The number of methoxy groups -OCH3 is 1. The molecule has 0 aliphatic rings. The molecule has 0 saturated carbocycles. The Labute approximate surface area is 161 Å². The molecule has 0 aliphatic carbocycles. The first-order valence-corrected chi connectivity index (χ1v) is 8.79. The van der Waals surface area contributed by atoms with E-state index in [1.165, 1.54) is 13.2 Å². The highest BCUT2D eigenvalue weighted by Crippen LogP contribution is 2.29. The van der Waals surface area contributed by atoms with Gasteiger partial charge in [-0.15, -0.1) is 0 Å². The van der Waals surface area contributed by atoms with Gasteiger partial charge in [0.1, 0.15) is 22.7 Å². The summed E-state index contributed by atoms with van der Waals surface area (Å²) in [4.78, 5) is 25.9. The van der Waals surface area contributed by atoms with Crippen LogP contribution in [0.15, 0.2) is 30.5 Å². The SMILES string of the molecule is COc1cccc(OCCCNC(=O)OC(C)(C)C)c1C(=O)/C=C/N(C)C. The maximum absolute atomic E-state index is 12.5. The Morgan fingerprint density at radius 1 is 1.19 bits per heavy atom. The molecule has 1 amide bonds. The van der Waals surface area contributed by atoms with E-state index in [2.05, 4.69) is 5.32 Å². The van der Waals surface area contributed by atoms with Crippen molar-refractivity contribution in [3.05, 3.63) is 36.0 Å². The molecule has 1 aromatic rings. The van der Waals surface area contributed by atoms with Crippen LogP contribution in [0.1, 0.15) is 37.6 Å². The van der Waals surface area contributed by atoms with Gasteiger partial charge in [-0.1, -0.05) is 6.07 Å². The molecule has 0 bridgehead atoms. The fraction of sp³-hybridized carbons (Fsp3) is 0.500. The van der Waals surface area contributed by atoms with E-state index in [0.29, 0.717) is 36.6 Å². The number of rotatable bonds is 9. The zero-order valence-electron chi connectivity index (χ0n) is 17.0. The molecule has 0 spiro atoms. The molecule has 0 aliphatic heterocycles. The molecule has 1 rings (SSSR count). The summed E-state index contributed by atoms with van der Waals surface area (Å²) in [5.41, 5.74) is -0.158. The van der Waals surface area contributed by atoms with Gasteiger partial charge in [0.25, 0.3) is 0 Å². The Balaban J connectivity index is 2.65. The molecular weight excluding hydrogens is 348 g/mol. The van der Waals surface area contributed by atoms with Crippen LogP contribution in [0.25, 0.3) is 0 Å². The lowest BCUT2D eigenvalue weighted by atomic mass is 10.1. The van der Waals surface area contributed by atoms with Gasteiger partial charge in [-0.3, -0.25) is 4.79 Å². The molecule has 7 heteroatoms. The highest BCUT2D eigenvalue weighted by atomic mass is 16.6. The molecule has 0 fully saturated rings. The average molecular weight is 378 g/mol. The lowest BCUT2D eigenvalue weighted by Gasteiger charge is -2.19. The molecule has 0 aromatic heterocycles.